The van der Waals surface area contributed by atoms with E-state index >= 15 is 0 Å². The van der Waals surface area contributed by atoms with Gasteiger partial charge in [0.1, 0.15) is 5.83 Å². The Bertz CT molecular complexity index is 632. The van der Waals surface area contributed by atoms with E-state index in [-0.39, 0.29) is 5.83 Å². The first-order valence-corrected chi connectivity index (χ1v) is 9.19. The minimum absolute atomic E-state index is 0.0124. The van der Waals surface area contributed by atoms with Crippen molar-refractivity contribution in [3.05, 3.63) is 83.5 Å². The molecule has 108 valence electrons. The molecule has 0 aliphatic heterocycles. The highest BCUT2D eigenvalue weighted by atomic mass is 32.3. The average molecular weight is 298 g/mol. The summed E-state index contributed by atoms with van der Waals surface area (Å²) >= 11 is 0. The zero-order valence-electron chi connectivity index (χ0n) is 12.1. The third-order valence-electron chi connectivity index (χ3n) is 4.01. The van der Waals surface area contributed by atoms with E-state index in [0.29, 0.717) is 6.42 Å². The summed E-state index contributed by atoms with van der Waals surface area (Å²) < 4.78 is 13.4. The molecule has 0 heterocycles. The third-order valence-corrected chi connectivity index (χ3v) is 7.83. The fraction of sp³-hybridized carbons (Fsp3) is 0.158. The van der Waals surface area contributed by atoms with Crippen molar-refractivity contribution < 1.29 is 4.39 Å². The minimum Gasteiger partial charge on any atom is -0.212 e. The standard InChI is InChI=1S/C19H19FS/c1-21(17-8-4-2-5-9-17,18-10-6-3-7-11-18)19-14-12-16(20)13-15-19/h2-12,14H,13,15H2,1H3. The number of hydrogen-bond donors (Lipinski definition) is 0. The van der Waals surface area contributed by atoms with Crippen LogP contribution in [0, 0.1) is 0 Å². The summed E-state index contributed by atoms with van der Waals surface area (Å²) in [6.45, 7) is 0. The van der Waals surface area contributed by atoms with Gasteiger partial charge in [-0.3, -0.25) is 0 Å². The lowest BCUT2D eigenvalue weighted by atomic mass is 10.2. The average Bonchev–Trinajstić information content (AvgIpc) is 2.56. The van der Waals surface area contributed by atoms with Gasteiger partial charge in [0.15, 0.2) is 0 Å². The molecule has 0 bridgehead atoms. The Morgan fingerprint density at radius 3 is 1.71 bits per heavy atom. The van der Waals surface area contributed by atoms with Crippen LogP contribution >= 0.6 is 10.0 Å². The molecule has 0 spiro atoms. The zero-order valence-corrected chi connectivity index (χ0v) is 12.9. The molecule has 21 heavy (non-hydrogen) atoms. The Labute approximate surface area is 127 Å². The van der Waals surface area contributed by atoms with Crippen molar-refractivity contribution in [2.45, 2.75) is 22.6 Å². The number of hydrogen-bond acceptors (Lipinski definition) is 0. The van der Waals surface area contributed by atoms with Gasteiger partial charge in [0.2, 0.25) is 0 Å². The molecule has 0 saturated heterocycles. The molecule has 2 aromatic rings. The summed E-state index contributed by atoms with van der Waals surface area (Å²) in [5.74, 6) is -0.0124. The van der Waals surface area contributed by atoms with E-state index in [1.54, 1.807) is 6.08 Å². The summed E-state index contributed by atoms with van der Waals surface area (Å²) in [6.07, 6.45) is 7.27. The molecule has 3 rings (SSSR count). The molecular formula is C19H19FS. The molecule has 0 amide bonds. The number of benzene rings is 2. The smallest absolute Gasteiger partial charge is 0.100 e. The van der Waals surface area contributed by atoms with Crippen molar-refractivity contribution >= 4 is 10.0 Å². The van der Waals surface area contributed by atoms with E-state index in [4.69, 9.17) is 0 Å². The Hall–Kier alpha value is -1.80. The van der Waals surface area contributed by atoms with Crippen LogP contribution < -0.4 is 0 Å². The maximum Gasteiger partial charge on any atom is 0.100 e. The molecule has 0 atom stereocenters. The third kappa shape index (κ3) is 2.68. The second-order valence-corrected chi connectivity index (χ2v) is 8.60. The first kappa shape index (κ1) is 14.2. The molecule has 0 radical (unpaired) electrons. The van der Waals surface area contributed by atoms with Crippen LogP contribution in [0.5, 0.6) is 0 Å². The van der Waals surface area contributed by atoms with Crippen LogP contribution in [-0.4, -0.2) is 6.26 Å². The summed E-state index contributed by atoms with van der Waals surface area (Å²) in [4.78, 5) is 4.01. The number of rotatable bonds is 3. The van der Waals surface area contributed by atoms with Crippen LogP contribution in [0.1, 0.15) is 12.8 Å². The van der Waals surface area contributed by atoms with Gasteiger partial charge in [-0.2, -0.15) is 10.0 Å². The van der Waals surface area contributed by atoms with Crippen molar-refractivity contribution in [3.63, 3.8) is 0 Å². The number of allylic oxidation sites excluding steroid dienone is 4. The van der Waals surface area contributed by atoms with Crippen molar-refractivity contribution in [2.75, 3.05) is 6.26 Å². The lowest BCUT2D eigenvalue weighted by Crippen LogP contribution is -2.05. The van der Waals surface area contributed by atoms with Gasteiger partial charge < -0.3 is 0 Å². The molecule has 1 aliphatic rings. The highest BCUT2D eigenvalue weighted by Gasteiger charge is 2.28. The van der Waals surface area contributed by atoms with Crippen molar-refractivity contribution in [3.8, 4) is 0 Å². The van der Waals surface area contributed by atoms with Crippen molar-refractivity contribution in [1.82, 2.24) is 0 Å². The second kappa shape index (κ2) is 5.90. The zero-order chi connectivity index (χ0) is 14.7. The largest absolute Gasteiger partial charge is 0.212 e. The molecule has 0 fully saturated rings. The molecule has 0 nitrogen and oxygen atoms in total. The predicted octanol–water partition coefficient (Wildman–Crippen LogP) is 6.07. The molecular weight excluding hydrogens is 279 g/mol. The first-order chi connectivity index (χ1) is 10.2. The normalized spacial score (nSPS) is 16.1. The predicted molar refractivity (Wildman–Crippen MR) is 89.4 cm³/mol. The van der Waals surface area contributed by atoms with E-state index < -0.39 is 10.0 Å². The van der Waals surface area contributed by atoms with Crippen LogP contribution in [0.4, 0.5) is 4.39 Å². The highest BCUT2D eigenvalue weighted by Crippen LogP contribution is 2.66. The van der Waals surface area contributed by atoms with E-state index in [1.807, 2.05) is 18.2 Å². The van der Waals surface area contributed by atoms with E-state index in [9.17, 15) is 4.39 Å². The fourth-order valence-corrected chi connectivity index (χ4v) is 5.89. The molecule has 2 aromatic carbocycles. The maximum absolute atomic E-state index is 13.4. The van der Waals surface area contributed by atoms with E-state index in [0.717, 1.165) is 6.42 Å². The van der Waals surface area contributed by atoms with Gasteiger partial charge in [-0.15, -0.1) is 0 Å². The summed E-state index contributed by atoms with van der Waals surface area (Å²) in [5.41, 5.74) is 0. The molecule has 0 aromatic heterocycles. The lowest BCUT2D eigenvalue weighted by molar-refractivity contribution is 0.586. The Morgan fingerprint density at radius 1 is 0.762 bits per heavy atom. The molecule has 2 heteroatoms. The van der Waals surface area contributed by atoms with E-state index in [1.165, 1.54) is 14.7 Å². The Kier molecular flexibility index (Phi) is 3.98. The van der Waals surface area contributed by atoms with Crippen LogP contribution in [0.25, 0.3) is 0 Å². The summed E-state index contributed by atoms with van der Waals surface area (Å²) in [7, 11) is -1.27. The van der Waals surface area contributed by atoms with Crippen LogP contribution in [0.3, 0.4) is 0 Å². The first-order valence-electron chi connectivity index (χ1n) is 7.15. The maximum atomic E-state index is 13.4. The van der Waals surface area contributed by atoms with Gasteiger partial charge in [0, 0.05) is 6.42 Å². The topological polar surface area (TPSA) is 0 Å². The number of halogens is 1. The monoisotopic (exact) mass is 298 g/mol. The SMILES string of the molecule is CS(C1=CC=C(F)CC1)(c1ccccc1)c1ccccc1. The van der Waals surface area contributed by atoms with Gasteiger partial charge in [-0.25, -0.2) is 4.39 Å². The Balaban J connectivity index is 2.17. The lowest BCUT2D eigenvalue weighted by Gasteiger charge is -2.40. The fourth-order valence-electron chi connectivity index (χ4n) is 2.76. The quantitative estimate of drug-likeness (QED) is 0.645. The van der Waals surface area contributed by atoms with E-state index in [2.05, 4.69) is 54.8 Å². The summed E-state index contributed by atoms with van der Waals surface area (Å²) in [5, 5.41) is 0. The Morgan fingerprint density at radius 2 is 1.29 bits per heavy atom. The molecule has 0 N–H and O–H groups in total. The minimum atomic E-state index is -1.27. The van der Waals surface area contributed by atoms with Crippen molar-refractivity contribution in [1.29, 1.82) is 0 Å². The van der Waals surface area contributed by atoms with Crippen LogP contribution in [0.2, 0.25) is 0 Å². The molecule has 1 aliphatic carbocycles. The van der Waals surface area contributed by atoms with Gasteiger partial charge in [-0.05, 0) is 57.7 Å². The summed E-state index contributed by atoms with van der Waals surface area (Å²) in [6, 6.07) is 21.2. The van der Waals surface area contributed by atoms with Gasteiger partial charge in [0.25, 0.3) is 0 Å². The highest BCUT2D eigenvalue weighted by molar-refractivity contribution is 8.36. The molecule has 0 saturated carbocycles. The van der Waals surface area contributed by atoms with Crippen molar-refractivity contribution in [2.24, 2.45) is 0 Å². The van der Waals surface area contributed by atoms with Gasteiger partial charge in [0.05, 0.1) is 0 Å². The van der Waals surface area contributed by atoms with Crippen LogP contribution in [0.15, 0.2) is 93.3 Å². The van der Waals surface area contributed by atoms with Gasteiger partial charge in [-0.1, -0.05) is 42.5 Å². The second-order valence-electron chi connectivity index (χ2n) is 5.29. The van der Waals surface area contributed by atoms with Gasteiger partial charge >= 0.3 is 0 Å². The molecule has 0 unspecified atom stereocenters. The van der Waals surface area contributed by atoms with Crippen LogP contribution in [-0.2, 0) is 0 Å².